The third-order valence-corrected chi connectivity index (χ3v) is 5.05. The van der Waals surface area contributed by atoms with Gasteiger partial charge in [0.15, 0.2) is 23.7 Å². The van der Waals surface area contributed by atoms with Gasteiger partial charge in [-0.1, -0.05) is 18.2 Å². The Morgan fingerprint density at radius 1 is 0.833 bits per heavy atom. The summed E-state index contributed by atoms with van der Waals surface area (Å²) in [5.41, 5.74) is 0.710. The zero-order valence-electron chi connectivity index (χ0n) is 15.5. The molecule has 3 aromatic carbocycles. The number of rotatable bonds is 3. The van der Waals surface area contributed by atoms with E-state index in [9.17, 15) is 35.4 Å². The van der Waals surface area contributed by atoms with Crippen LogP contribution in [-0.2, 0) is 6.42 Å². The summed E-state index contributed by atoms with van der Waals surface area (Å²) in [6, 6.07) is 11.0. The van der Waals surface area contributed by atoms with E-state index in [1.54, 1.807) is 12.1 Å². The number of benzene rings is 3. The number of phenolic OH excluding ortho intramolecular Hbond substituents is 5. The van der Waals surface area contributed by atoms with E-state index in [1.165, 1.54) is 30.3 Å². The molecule has 154 valence electrons. The molecule has 0 spiro atoms. The van der Waals surface area contributed by atoms with Gasteiger partial charge in [-0.25, -0.2) is 0 Å². The number of fused-ring (bicyclic) bond motifs is 1. The van der Waals surface area contributed by atoms with E-state index in [4.69, 9.17) is 4.74 Å². The maximum atomic E-state index is 12.8. The minimum absolute atomic E-state index is 0.0654. The third-order valence-electron chi connectivity index (χ3n) is 5.05. The van der Waals surface area contributed by atoms with Crippen LogP contribution in [0.15, 0.2) is 48.5 Å². The number of aromatic hydroxyl groups is 5. The molecule has 8 nitrogen and oxygen atoms in total. The molecule has 0 fully saturated rings. The molecular formula is C22H18O8. The number of carbonyl (C=O) groups excluding carboxylic acids is 1. The van der Waals surface area contributed by atoms with Crippen LogP contribution in [-0.4, -0.2) is 42.5 Å². The number of aliphatic hydroxyl groups is 1. The predicted octanol–water partition coefficient (Wildman–Crippen LogP) is 2.48. The zero-order chi connectivity index (χ0) is 21.6. The van der Waals surface area contributed by atoms with Crippen molar-refractivity contribution in [2.24, 2.45) is 0 Å². The van der Waals surface area contributed by atoms with Gasteiger partial charge in [0, 0.05) is 18.1 Å². The highest BCUT2D eigenvalue weighted by Crippen LogP contribution is 2.45. The second kappa shape index (κ2) is 7.16. The van der Waals surface area contributed by atoms with Crippen molar-refractivity contribution >= 4 is 5.78 Å². The van der Waals surface area contributed by atoms with Gasteiger partial charge in [-0.05, 0) is 35.4 Å². The molecule has 0 aromatic heterocycles. The third kappa shape index (κ3) is 3.23. The van der Waals surface area contributed by atoms with E-state index in [0.29, 0.717) is 5.56 Å². The number of hydrogen-bond acceptors (Lipinski definition) is 8. The van der Waals surface area contributed by atoms with Gasteiger partial charge in [-0.2, -0.15) is 0 Å². The standard InChI is InChI=1S/C22H18O8/c23-12-4-1-10(2-5-12)7-13-15(25)9-17-18(19(13)27)20(28)21(29)22(30-17)11-3-6-14(24)16(26)8-11/h1-6,8-9,21-27,29H,7H2/t21-,22+/m1/s1. The Labute approximate surface area is 170 Å². The highest BCUT2D eigenvalue weighted by Gasteiger charge is 2.40. The van der Waals surface area contributed by atoms with Crippen LogP contribution in [0.25, 0.3) is 0 Å². The molecule has 1 aliphatic rings. The number of aliphatic hydroxyl groups excluding tert-OH is 1. The largest absolute Gasteiger partial charge is 0.508 e. The summed E-state index contributed by atoms with van der Waals surface area (Å²) in [4.78, 5) is 12.8. The minimum atomic E-state index is -1.68. The smallest absolute Gasteiger partial charge is 0.202 e. The molecule has 0 aliphatic carbocycles. The van der Waals surface area contributed by atoms with E-state index < -0.39 is 29.5 Å². The van der Waals surface area contributed by atoms with Gasteiger partial charge in [0.1, 0.15) is 28.6 Å². The SMILES string of the molecule is O=C1c2c(cc(O)c(Cc3ccc(O)cc3)c2O)O[C@@H](c2ccc(O)c(O)c2)[C@@H]1O. The topological polar surface area (TPSA) is 148 Å². The molecule has 8 heteroatoms. The second-order valence-corrected chi connectivity index (χ2v) is 7.03. The number of hydrogen-bond donors (Lipinski definition) is 6. The molecule has 0 bridgehead atoms. The Morgan fingerprint density at radius 2 is 1.53 bits per heavy atom. The van der Waals surface area contributed by atoms with Crippen molar-refractivity contribution in [3.8, 4) is 34.5 Å². The van der Waals surface area contributed by atoms with E-state index in [0.717, 1.165) is 6.07 Å². The van der Waals surface area contributed by atoms with Crippen molar-refractivity contribution in [1.29, 1.82) is 0 Å². The van der Waals surface area contributed by atoms with Gasteiger partial charge in [0.25, 0.3) is 0 Å². The van der Waals surface area contributed by atoms with Crippen LogP contribution < -0.4 is 4.74 Å². The first-order valence-corrected chi connectivity index (χ1v) is 9.02. The first kappa shape index (κ1) is 19.4. The van der Waals surface area contributed by atoms with Crippen molar-refractivity contribution < 1.29 is 40.2 Å². The normalized spacial score (nSPS) is 18.0. The molecule has 0 unspecified atom stereocenters. The Morgan fingerprint density at radius 3 is 2.20 bits per heavy atom. The first-order chi connectivity index (χ1) is 14.3. The summed E-state index contributed by atoms with van der Waals surface area (Å²) in [5.74, 6) is -2.49. The van der Waals surface area contributed by atoms with Gasteiger partial charge in [-0.15, -0.1) is 0 Å². The predicted molar refractivity (Wildman–Crippen MR) is 104 cm³/mol. The van der Waals surface area contributed by atoms with Crippen molar-refractivity contribution in [1.82, 2.24) is 0 Å². The molecule has 4 rings (SSSR count). The number of Topliss-reactive ketones (excluding diaryl/α,β-unsaturated/α-hetero) is 1. The average molecular weight is 410 g/mol. The van der Waals surface area contributed by atoms with Crippen LogP contribution in [0.5, 0.6) is 34.5 Å². The monoisotopic (exact) mass is 410 g/mol. The zero-order valence-corrected chi connectivity index (χ0v) is 15.5. The maximum absolute atomic E-state index is 12.8. The Balaban J connectivity index is 1.73. The summed E-state index contributed by atoms with van der Waals surface area (Å²) in [6.45, 7) is 0. The van der Waals surface area contributed by atoms with Gasteiger partial charge < -0.3 is 35.4 Å². The van der Waals surface area contributed by atoms with Crippen LogP contribution in [0.2, 0.25) is 0 Å². The molecular weight excluding hydrogens is 392 g/mol. The molecule has 0 saturated carbocycles. The highest BCUT2D eigenvalue weighted by atomic mass is 16.5. The molecule has 0 radical (unpaired) electrons. The van der Waals surface area contributed by atoms with E-state index in [-0.39, 0.29) is 46.1 Å². The summed E-state index contributed by atoms with van der Waals surface area (Å²) in [7, 11) is 0. The maximum Gasteiger partial charge on any atom is 0.202 e. The van der Waals surface area contributed by atoms with Gasteiger partial charge in [-0.3, -0.25) is 4.79 Å². The number of phenols is 5. The fourth-order valence-electron chi connectivity index (χ4n) is 3.45. The number of carbonyl (C=O) groups is 1. The van der Waals surface area contributed by atoms with Crippen molar-refractivity contribution in [2.45, 2.75) is 18.6 Å². The van der Waals surface area contributed by atoms with Gasteiger partial charge in [0.05, 0.1) is 0 Å². The molecule has 30 heavy (non-hydrogen) atoms. The molecule has 2 atom stereocenters. The first-order valence-electron chi connectivity index (χ1n) is 9.02. The summed E-state index contributed by atoms with van der Waals surface area (Å²) in [6.07, 6.45) is -2.82. The summed E-state index contributed by atoms with van der Waals surface area (Å²) >= 11 is 0. The fraction of sp³-hybridized carbons (Fsp3) is 0.136. The van der Waals surface area contributed by atoms with Crippen molar-refractivity contribution in [3.05, 3.63) is 70.8 Å². The molecule has 0 amide bonds. The molecule has 6 N–H and O–H groups in total. The van der Waals surface area contributed by atoms with E-state index in [1.807, 2.05) is 0 Å². The Hall–Kier alpha value is -3.91. The highest BCUT2D eigenvalue weighted by molar-refractivity contribution is 6.06. The van der Waals surface area contributed by atoms with Crippen molar-refractivity contribution in [2.75, 3.05) is 0 Å². The average Bonchev–Trinajstić information content (AvgIpc) is 2.71. The van der Waals surface area contributed by atoms with E-state index in [2.05, 4.69) is 0 Å². The van der Waals surface area contributed by atoms with Gasteiger partial charge in [0.2, 0.25) is 5.78 Å². The van der Waals surface area contributed by atoms with Crippen LogP contribution in [0.3, 0.4) is 0 Å². The van der Waals surface area contributed by atoms with Crippen LogP contribution in [0.4, 0.5) is 0 Å². The second-order valence-electron chi connectivity index (χ2n) is 7.03. The molecule has 1 aliphatic heterocycles. The van der Waals surface area contributed by atoms with E-state index >= 15 is 0 Å². The molecule has 1 heterocycles. The van der Waals surface area contributed by atoms with Crippen LogP contribution >= 0.6 is 0 Å². The Bertz CT molecular complexity index is 1140. The molecule has 0 saturated heterocycles. The lowest BCUT2D eigenvalue weighted by Gasteiger charge is -2.31. The number of ether oxygens (including phenoxy) is 1. The number of ketones is 1. The molecule has 3 aromatic rings. The van der Waals surface area contributed by atoms with Crippen molar-refractivity contribution in [3.63, 3.8) is 0 Å². The minimum Gasteiger partial charge on any atom is -0.508 e. The lowest BCUT2D eigenvalue weighted by Crippen LogP contribution is -2.36. The van der Waals surface area contributed by atoms with Crippen LogP contribution in [0, 0.1) is 0 Å². The lowest BCUT2D eigenvalue weighted by molar-refractivity contribution is 0.0209. The Kier molecular flexibility index (Phi) is 4.63. The van der Waals surface area contributed by atoms with Gasteiger partial charge >= 0.3 is 0 Å². The van der Waals surface area contributed by atoms with Crippen LogP contribution in [0.1, 0.15) is 33.2 Å². The fourth-order valence-corrected chi connectivity index (χ4v) is 3.45. The quantitative estimate of drug-likeness (QED) is 0.361. The summed E-state index contributed by atoms with van der Waals surface area (Å²) < 4.78 is 5.66. The lowest BCUT2D eigenvalue weighted by atomic mass is 9.90. The summed E-state index contributed by atoms with van der Waals surface area (Å²) in [5, 5.41) is 60.1.